The van der Waals surface area contributed by atoms with E-state index in [2.05, 4.69) is 19.6 Å². The highest BCUT2D eigenvalue weighted by atomic mass is 28.4. The summed E-state index contributed by atoms with van der Waals surface area (Å²) in [5.74, 6) is -4.66. The second-order valence-corrected chi connectivity index (χ2v) is 13.9. The maximum absolute atomic E-state index is 6.72. The van der Waals surface area contributed by atoms with E-state index >= 15 is 0 Å². The zero-order valence-electron chi connectivity index (χ0n) is 21.5. The lowest BCUT2D eigenvalue weighted by Crippen LogP contribution is -2.70. The van der Waals surface area contributed by atoms with E-state index in [1.807, 2.05) is 0 Å². The van der Waals surface area contributed by atoms with Crippen molar-refractivity contribution in [3.8, 4) is 0 Å². The van der Waals surface area contributed by atoms with Crippen molar-refractivity contribution in [2.45, 2.75) is 55.3 Å². The van der Waals surface area contributed by atoms with Crippen molar-refractivity contribution in [1.29, 1.82) is 0 Å². The van der Waals surface area contributed by atoms with Crippen LogP contribution in [0, 0.1) is 0 Å². The molecule has 0 aromatic heterocycles. The Morgan fingerprint density at radius 1 is 0.636 bits per heavy atom. The molecule has 0 aliphatic heterocycles. The van der Waals surface area contributed by atoms with Crippen LogP contribution in [0.5, 0.6) is 0 Å². The molecule has 0 radical (unpaired) electrons. The smallest absolute Gasteiger partial charge is 0.255 e. The summed E-state index contributed by atoms with van der Waals surface area (Å²) in [5, 5.41) is 0. The van der Waals surface area contributed by atoms with E-state index in [9.17, 15) is 0 Å². The van der Waals surface area contributed by atoms with Crippen LogP contribution >= 0.6 is 0 Å². The number of benzene rings is 1. The first kappa shape index (κ1) is 25.2. The summed E-state index contributed by atoms with van der Waals surface area (Å²) >= 11 is 0. The Morgan fingerprint density at radius 2 is 1.18 bits per heavy atom. The van der Waals surface area contributed by atoms with E-state index < -0.39 is 37.6 Å². The molecule has 4 rings (SSSR count). The molecule has 1 aromatic rings. The lowest BCUT2D eigenvalue weighted by Gasteiger charge is -2.64. The maximum atomic E-state index is 6.72. The molecule has 0 saturated heterocycles. The fourth-order valence-electron chi connectivity index (χ4n) is 6.06. The summed E-state index contributed by atoms with van der Waals surface area (Å²) in [5.41, 5.74) is 5.18. The van der Waals surface area contributed by atoms with E-state index in [1.165, 1.54) is 0 Å². The molecular formula is C23H36O9Si. The molecule has 0 fully saturated rings. The second-order valence-electron chi connectivity index (χ2n) is 9.48. The van der Waals surface area contributed by atoms with Crippen molar-refractivity contribution in [2.75, 3.05) is 56.9 Å². The van der Waals surface area contributed by atoms with E-state index in [0.29, 0.717) is 6.42 Å². The van der Waals surface area contributed by atoms with Crippen LogP contribution in [0.15, 0.2) is 0 Å². The summed E-state index contributed by atoms with van der Waals surface area (Å²) in [6, 6.07) is 0. The van der Waals surface area contributed by atoms with Crippen molar-refractivity contribution < 1.29 is 42.3 Å². The van der Waals surface area contributed by atoms with Crippen molar-refractivity contribution in [3.05, 3.63) is 33.4 Å². The minimum Gasteiger partial charge on any atom is -0.383 e. The predicted molar refractivity (Wildman–Crippen MR) is 120 cm³/mol. The minimum atomic E-state index is -2.17. The summed E-state index contributed by atoms with van der Waals surface area (Å²) in [6.07, 6.45) is -0.0483. The third kappa shape index (κ3) is 2.62. The molecule has 33 heavy (non-hydrogen) atoms. The van der Waals surface area contributed by atoms with E-state index in [0.717, 1.165) is 33.4 Å². The first-order valence-electron chi connectivity index (χ1n) is 10.9. The van der Waals surface area contributed by atoms with Crippen LogP contribution in [-0.4, -0.2) is 65.2 Å². The maximum Gasteiger partial charge on any atom is 0.255 e. The lowest BCUT2D eigenvalue weighted by atomic mass is 9.55. The molecule has 0 N–H and O–H groups in total. The van der Waals surface area contributed by atoms with Crippen LogP contribution in [0.2, 0.25) is 19.6 Å². The Balaban J connectivity index is 2.14. The first-order valence-corrected chi connectivity index (χ1v) is 14.3. The van der Waals surface area contributed by atoms with Gasteiger partial charge in [-0.15, -0.1) is 0 Å². The Kier molecular flexibility index (Phi) is 5.94. The molecule has 3 aliphatic carbocycles. The van der Waals surface area contributed by atoms with E-state index in [-0.39, 0.29) is 0 Å². The van der Waals surface area contributed by atoms with Gasteiger partial charge in [0, 0.05) is 91.1 Å². The lowest BCUT2D eigenvalue weighted by molar-refractivity contribution is -0.418. The molecule has 0 amide bonds. The number of hydrogen-bond acceptors (Lipinski definition) is 9. The van der Waals surface area contributed by atoms with Gasteiger partial charge in [0.15, 0.2) is 14.1 Å². The standard InChI is InChI=1S/C23H36O9Si/c1-24-19-14-17(21(19,27-4)28-5)15-13(12-20(15,25-2)26-3)16-18(14)23(31-8,32-33(9,10)11)22(16,29-6)30-7/h19H,12H2,1-11H3. The van der Waals surface area contributed by atoms with Crippen molar-refractivity contribution >= 4 is 8.32 Å². The summed E-state index contributed by atoms with van der Waals surface area (Å²) in [7, 11) is 10.7. The minimum absolute atomic E-state index is 0.493. The van der Waals surface area contributed by atoms with Crippen molar-refractivity contribution in [1.82, 2.24) is 0 Å². The fourth-order valence-corrected chi connectivity index (χ4v) is 7.24. The third-order valence-electron chi connectivity index (χ3n) is 7.29. The van der Waals surface area contributed by atoms with Gasteiger partial charge in [-0.2, -0.15) is 0 Å². The highest BCUT2D eigenvalue weighted by molar-refractivity contribution is 6.69. The van der Waals surface area contributed by atoms with Crippen LogP contribution in [0.3, 0.4) is 0 Å². The van der Waals surface area contributed by atoms with Gasteiger partial charge < -0.3 is 42.3 Å². The Labute approximate surface area is 196 Å². The van der Waals surface area contributed by atoms with E-state index in [4.69, 9.17) is 42.3 Å². The zero-order valence-corrected chi connectivity index (χ0v) is 22.5. The van der Waals surface area contributed by atoms with Crippen molar-refractivity contribution in [3.63, 3.8) is 0 Å². The molecule has 0 heterocycles. The molecule has 2 unspecified atom stereocenters. The van der Waals surface area contributed by atoms with Crippen LogP contribution in [0.1, 0.15) is 39.5 Å². The van der Waals surface area contributed by atoms with Gasteiger partial charge in [-0.25, -0.2) is 0 Å². The van der Waals surface area contributed by atoms with Crippen LogP contribution in [0.25, 0.3) is 0 Å². The molecule has 0 saturated carbocycles. The third-order valence-corrected chi connectivity index (χ3v) is 8.19. The van der Waals surface area contributed by atoms with Gasteiger partial charge in [0.1, 0.15) is 6.10 Å². The largest absolute Gasteiger partial charge is 0.383 e. The quantitative estimate of drug-likeness (QED) is 0.368. The molecule has 2 atom stereocenters. The zero-order chi connectivity index (χ0) is 24.6. The monoisotopic (exact) mass is 484 g/mol. The number of methoxy groups -OCH3 is 8. The Bertz CT molecular complexity index is 944. The molecule has 1 aromatic carbocycles. The number of hydrogen-bond donors (Lipinski definition) is 0. The Hall–Kier alpha value is -0.923. The molecule has 10 heteroatoms. The van der Waals surface area contributed by atoms with Gasteiger partial charge in [-0.3, -0.25) is 0 Å². The van der Waals surface area contributed by atoms with Gasteiger partial charge in [0.25, 0.3) is 5.79 Å². The average molecular weight is 485 g/mol. The van der Waals surface area contributed by atoms with Gasteiger partial charge in [0.05, 0.1) is 0 Å². The van der Waals surface area contributed by atoms with E-state index in [1.54, 1.807) is 56.9 Å². The molecule has 186 valence electrons. The van der Waals surface area contributed by atoms with Gasteiger partial charge in [-0.05, 0) is 25.2 Å². The van der Waals surface area contributed by atoms with Gasteiger partial charge >= 0.3 is 0 Å². The molecule has 0 spiro atoms. The molecule has 3 aliphatic rings. The SMILES string of the molecule is COC1c2c(c3c(c4c2C(OC)(O[Si](C)(C)C)C4(OC)OC)CC3(OC)OC)C1(OC)OC. The van der Waals surface area contributed by atoms with Crippen LogP contribution in [0.4, 0.5) is 0 Å². The first-order chi connectivity index (χ1) is 15.5. The summed E-state index contributed by atoms with van der Waals surface area (Å²) in [4.78, 5) is 0. The normalized spacial score (nSPS) is 27.5. The van der Waals surface area contributed by atoms with Crippen LogP contribution < -0.4 is 0 Å². The van der Waals surface area contributed by atoms with Crippen molar-refractivity contribution in [2.24, 2.45) is 0 Å². The molecule has 9 nitrogen and oxygen atoms in total. The van der Waals surface area contributed by atoms with Gasteiger partial charge in [-0.1, -0.05) is 0 Å². The van der Waals surface area contributed by atoms with Gasteiger partial charge in [0.2, 0.25) is 11.6 Å². The topological polar surface area (TPSA) is 83.1 Å². The predicted octanol–water partition coefficient (Wildman–Crippen LogP) is 2.94. The van der Waals surface area contributed by atoms with Crippen LogP contribution in [-0.2, 0) is 71.9 Å². The highest BCUT2D eigenvalue weighted by Gasteiger charge is 2.77. The highest BCUT2D eigenvalue weighted by Crippen LogP contribution is 2.72. The summed E-state index contributed by atoms with van der Waals surface area (Å²) < 4.78 is 54.6. The number of ether oxygens (including phenoxy) is 8. The summed E-state index contributed by atoms with van der Waals surface area (Å²) in [6.45, 7) is 6.29. The number of fused-ring (bicyclic) bond motifs is 6. The average Bonchev–Trinajstić information content (AvgIpc) is 2.77. The fraction of sp³-hybridized carbons (Fsp3) is 0.739. The molecular weight excluding hydrogens is 448 g/mol. The molecule has 0 bridgehead atoms. The Morgan fingerprint density at radius 3 is 1.58 bits per heavy atom. The second kappa shape index (κ2) is 7.79. The number of rotatable bonds is 10.